The third-order valence-electron chi connectivity index (χ3n) is 10.6. The molecule has 0 unspecified atom stereocenters. The molecule has 53 heavy (non-hydrogen) atoms. The maximum atomic E-state index is 15.1. The molecule has 0 radical (unpaired) electrons. The van der Waals surface area contributed by atoms with Gasteiger partial charge in [-0.15, -0.1) is 0 Å². The Balaban J connectivity index is 1.35. The van der Waals surface area contributed by atoms with Crippen LogP contribution in [0.15, 0.2) is 109 Å². The molecule has 276 valence electrons. The predicted molar refractivity (Wildman–Crippen MR) is 197 cm³/mol. The number of nitrogens with one attached hydrogen (secondary N) is 1. The summed E-state index contributed by atoms with van der Waals surface area (Å²) in [6.45, 7) is -0.223. The number of allylic oxidation sites excluding steroid dienone is 1. The number of ether oxygens (including phenoxy) is 3. The van der Waals surface area contributed by atoms with Gasteiger partial charge in [-0.05, 0) is 48.2 Å². The molecule has 7 rings (SSSR count). The number of esters is 1. The lowest BCUT2D eigenvalue weighted by molar-refractivity contribution is -0.162. The van der Waals surface area contributed by atoms with Gasteiger partial charge in [0.25, 0.3) is 5.91 Å². The van der Waals surface area contributed by atoms with Gasteiger partial charge in [0.05, 0.1) is 37.3 Å². The first-order valence-electron chi connectivity index (χ1n) is 17.9. The zero-order valence-electron chi connectivity index (χ0n) is 29.3. The number of likely N-dealkylation sites (tertiary alicyclic amines) is 1. The van der Waals surface area contributed by atoms with Gasteiger partial charge in [-0.3, -0.25) is 19.2 Å². The van der Waals surface area contributed by atoms with Crippen molar-refractivity contribution in [1.82, 2.24) is 10.2 Å². The van der Waals surface area contributed by atoms with E-state index < -0.39 is 72.2 Å². The second-order valence-electron chi connectivity index (χ2n) is 13.8. The molecule has 0 bridgehead atoms. The van der Waals surface area contributed by atoms with E-state index in [0.717, 1.165) is 5.56 Å². The molecular weight excluding hydrogens is 698 g/mol. The summed E-state index contributed by atoms with van der Waals surface area (Å²) in [6.07, 6.45) is 5.79. The van der Waals surface area contributed by atoms with Gasteiger partial charge in [0.1, 0.15) is 23.7 Å². The molecule has 0 aromatic heterocycles. The minimum atomic E-state index is -1.60. The molecule has 2 saturated heterocycles. The number of anilines is 1. The molecule has 4 aliphatic heterocycles. The second-order valence-corrected chi connectivity index (χ2v) is 14.2. The Hall–Kier alpha value is -4.81. The molecule has 2 N–H and O–H groups in total. The number of carbonyl (C=O) groups excluding carboxylic acids is 4. The number of benzene rings is 3. The van der Waals surface area contributed by atoms with Gasteiger partial charge in [-0.2, -0.15) is 0 Å². The summed E-state index contributed by atoms with van der Waals surface area (Å²) < 4.78 is 18.7. The number of aliphatic hydroxyl groups is 1. The first kappa shape index (κ1) is 36.5. The molecule has 4 heterocycles. The van der Waals surface area contributed by atoms with Crippen molar-refractivity contribution in [3.63, 3.8) is 0 Å². The van der Waals surface area contributed by atoms with Gasteiger partial charge in [0.2, 0.25) is 11.8 Å². The summed E-state index contributed by atoms with van der Waals surface area (Å²) in [5.74, 6) is -4.24. The topological polar surface area (TPSA) is 135 Å². The highest BCUT2D eigenvalue weighted by molar-refractivity contribution is 6.30. The number of amides is 3. The first-order valence-corrected chi connectivity index (χ1v) is 18.2. The van der Waals surface area contributed by atoms with Gasteiger partial charge in [0.15, 0.2) is 0 Å². The van der Waals surface area contributed by atoms with Crippen LogP contribution in [-0.2, 0) is 39.8 Å². The van der Waals surface area contributed by atoms with Gasteiger partial charge in [-0.1, -0.05) is 96.6 Å². The fourth-order valence-electron chi connectivity index (χ4n) is 8.21. The summed E-state index contributed by atoms with van der Waals surface area (Å²) in [6, 6.07) is 22.5. The monoisotopic (exact) mass is 739 g/mol. The van der Waals surface area contributed by atoms with E-state index in [0.29, 0.717) is 22.7 Å². The Morgan fingerprint density at radius 3 is 2.38 bits per heavy atom. The van der Waals surface area contributed by atoms with Crippen molar-refractivity contribution in [2.45, 2.75) is 55.2 Å². The quantitative estimate of drug-likeness (QED) is 0.260. The van der Waals surface area contributed by atoms with E-state index in [4.69, 9.17) is 25.8 Å². The summed E-state index contributed by atoms with van der Waals surface area (Å²) >= 11 is 6.20. The fourth-order valence-corrected chi connectivity index (χ4v) is 8.34. The molecule has 1 spiro atoms. The molecule has 3 aromatic rings. The lowest BCUT2D eigenvalue weighted by Gasteiger charge is -2.38. The number of cyclic esters (lactones) is 1. The molecule has 2 fully saturated rings. The SMILES string of the molecule is COC[C@H]1NC(=O)CC/C=C\[C@H]2O[C@]34C=CCN(c5ccc(Cl)cc5)C(=O)[C@H]3N([C@@H](CO)Cc3ccccc3)C(=O)[C@@H]4[C@H]2C(=O)O[C@@H]1c1ccccc1. The summed E-state index contributed by atoms with van der Waals surface area (Å²) in [5.41, 5.74) is 0.460. The molecule has 8 atom stereocenters. The number of fused-ring (bicyclic) bond motifs is 2. The Bertz CT molecular complexity index is 1870. The van der Waals surface area contributed by atoms with Crippen molar-refractivity contribution < 1.29 is 38.5 Å². The minimum Gasteiger partial charge on any atom is -0.455 e. The van der Waals surface area contributed by atoms with Crippen LogP contribution in [0.5, 0.6) is 0 Å². The highest BCUT2D eigenvalue weighted by Crippen LogP contribution is 2.54. The van der Waals surface area contributed by atoms with E-state index in [-0.39, 0.29) is 31.9 Å². The van der Waals surface area contributed by atoms with Crippen molar-refractivity contribution in [1.29, 1.82) is 0 Å². The second kappa shape index (κ2) is 15.7. The number of aliphatic hydroxyl groups excluding tert-OH is 1. The zero-order valence-corrected chi connectivity index (χ0v) is 30.0. The average molecular weight is 740 g/mol. The van der Waals surface area contributed by atoms with Gasteiger partial charge in [-0.25, -0.2) is 0 Å². The van der Waals surface area contributed by atoms with Crippen LogP contribution in [0, 0.1) is 11.8 Å². The van der Waals surface area contributed by atoms with Gasteiger partial charge >= 0.3 is 5.97 Å². The van der Waals surface area contributed by atoms with Crippen molar-refractivity contribution in [3.05, 3.63) is 125 Å². The Labute approximate surface area is 313 Å². The molecular formula is C41H42ClN3O8. The number of hydrogen-bond acceptors (Lipinski definition) is 8. The molecule has 12 heteroatoms. The third-order valence-corrected chi connectivity index (χ3v) is 10.8. The number of halogens is 1. The standard InChI is InChI=1S/C41H42ClN3O8/c1-51-25-31-36(27-13-6-3-7-14-27)52-40(50)34-32(15-8-9-16-33(47)43-31)53-41-21-10-22-44(29-19-17-28(42)18-20-29)39(49)37(41)45(38(48)35(34)41)30(24-46)23-26-11-4-2-5-12-26/h2-8,10-15,17-21,30-32,34-37,46H,9,16,22-25H2,1H3,(H,43,47)/b15-8-/t30-,31-,32-,34+,35+,36-,37-,41+/m1/s1. The van der Waals surface area contributed by atoms with Crippen molar-refractivity contribution in [2.24, 2.45) is 11.8 Å². The maximum Gasteiger partial charge on any atom is 0.313 e. The smallest absolute Gasteiger partial charge is 0.313 e. The number of rotatable bonds is 8. The van der Waals surface area contributed by atoms with Crippen LogP contribution in [-0.4, -0.2) is 90.4 Å². The molecule has 0 saturated carbocycles. The van der Waals surface area contributed by atoms with Crippen LogP contribution in [0.2, 0.25) is 5.02 Å². The normalized spacial score (nSPS) is 29.9. The highest BCUT2D eigenvalue weighted by Gasteiger charge is 2.72. The predicted octanol–water partition coefficient (Wildman–Crippen LogP) is 4.19. The first-order chi connectivity index (χ1) is 25.8. The summed E-state index contributed by atoms with van der Waals surface area (Å²) in [4.78, 5) is 60.9. The summed E-state index contributed by atoms with van der Waals surface area (Å²) in [5, 5.41) is 14.4. The molecule has 11 nitrogen and oxygen atoms in total. The van der Waals surface area contributed by atoms with Gasteiger partial charge < -0.3 is 34.4 Å². The average Bonchev–Trinajstić information content (AvgIpc) is 3.56. The van der Waals surface area contributed by atoms with Crippen LogP contribution in [0.4, 0.5) is 5.69 Å². The van der Waals surface area contributed by atoms with E-state index in [2.05, 4.69) is 5.32 Å². The van der Waals surface area contributed by atoms with Crippen LogP contribution in [0.1, 0.15) is 30.1 Å². The lowest BCUT2D eigenvalue weighted by atomic mass is 9.77. The fraction of sp³-hybridized carbons (Fsp3) is 0.366. The van der Waals surface area contributed by atoms with E-state index >= 15 is 4.79 Å². The Morgan fingerprint density at radius 2 is 1.68 bits per heavy atom. The number of nitrogens with zero attached hydrogens (tertiary/aromatic N) is 2. The van der Waals surface area contributed by atoms with E-state index in [1.807, 2.05) is 48.5 Å². The Kier molecular flexibility index (Phi) is 10.8. The summed E-state index contributed by atoms with van der Waals surface area (Å²) in [7, 11) is 1.50. The van der Waals surface area contributed by atoms with Crippen LogP contribution < -0.4 is 10.2 Å². The minimum absolute atomic E-state index is 0.0522. The van der Waals surface area contributed by atoms with Crippen LogP contribution in [0.25, 0.3) is 0 Å². The molecule has 3 aromatic carbocycles. The largest absolute Gasteiger partial charge is 0.455 e. The molecule has 0 aliphatic carbocycles. The van der Waals surface area contributed by atoms with Crippen molar-refractivity contribution >= 4 is 41.0 Å². The maximum absolute atomic E-state index is 15.1. The zero-order chi connectivity index (χ0) is 37.1. The van der Waals surface area contributed by atoms with Crippen LogP contribution >= 0.6 is 11.6 Å². The Morgan fingerprint density at radius 1 is 0.962 bits per heavy atom. The number of carbonyl (C=O) groups is 4. The number of hydrogen-bond donors (Lipinski definition) is 2. The highest BCUT2D eigenvalue weighted by atomic mass is 35.5. The van der Waals surface area contributed by atoms with Crippen LogP contribution in [0.3, 0.4) is 0 Å². The molecule has 3 amide bonds. The van der Waals surface area contributed by atoms with Gasteiger partial charge in [0, 0.05) is 30.8 Å². The van der Waals surface area contributed by atoms with E-state index in [1.165, 1.54) is 12.0 Å². The lowest BCUT2D eigenvalue weighted by Crippen LogP contribution is -2.58. The van der Waals surface area contributed by atoms with Crippen molar-refractivity contribution in [2.75, 3.05) is 31.8 Å². The number of methoxy groups -OCH3 is 1. The van der Waals surface area contributed by atoms with E-state index in [9.17, 15) is 19.5 Å². The molecule has 4 aliphatic rings. The van der Waals surface area contributed by atoms with Crippen molar-refractivity contribution in [3.8, 4) is 0 Å². The van der Waals surface area contributed by atoms with E-state index in [1.54, 1.807) is 65.6 Å². The third kappa shape index (κ3) is 7.02.